The van der Waals surface area contributed by atoms with E-state index in [9.17, 15) is 9.90 Å². The third kappa shape index (κ3) is 7.04. The van der Waals surface area contributed by atoms with E-state index in [4.69, 9.17) is 10.5 Å². The molecular weight excluding hydrogens is 460 g/mol. The Morgan fingerprint density at radius 1 is 0.946 bits per heavy atom. The monoisotopic (exact) mass is 496 g/mol. The Balaban J connectivity index is 1.32. The second-order valence-electron chi connectivity index (χ2n) is 10.3. The summed E-state index contributed by atoms with van der Waals surface area (Å²) in [5.74, 6) is -0.445. The summed E-state index contributed by atoms with van der Waals surface area (Å²) < 4.78 is 6.08. The van der Waals surface area contributed by atoms with Crippen LogP contribution in [0.1, 0.15) is 48.4 Å². The van der Waals surface area contributed by atoms with Crippen LogP contribution >= 0.6 is 0 Å². The van der Waals surface area contributed by atoms with Crippen LogP contribution in [0.15, 0.2) is 91.0 Å². The van der Waals surface area contributed by atoms with E-state index < -0.39 is 12.0 Å². The zero-order valence-corrected chi connectivity index (χ0v) is 21.8. The Bertz CT molecular complexity index is 1350. The molecule has 37 heavy (non-hydrogen) atoms. The third-order valence-corrected chi connectivity index (χ3v) is 6.69. The van der Waals surface area contributed by atoms with Gasteiger partial charge in [-0.1, -0.05) is 78.9 Å². The number of fused-ring (bicyclic) bond motifs is 1. The van der Waals surface area contributed by atoms with Crippen LogP contribution in [0.2, 0.25) is 0 Å². The summed E-state index contributed by atoms with van der Waals surface area (Å²) in [7, 11) is 0. The molecule has 0 spiro atoms. The number of nitrogens with one attached hydrogen (secondary N) is 1. The van der Waals surface area contributed by atoms with Crippen molar-refractivity contribution in [3.05, 3.63) is 108 Å². The minimum absolute atomic E-state index is 0.182. The summed E-state index contributed by atoms with van der Waals surface area (Å²) in [6, 6.07) is 30.2. The molecule has 0 saturated heterocycles. The first-order chi connectivity index (χ1) is 17.7. The van der Waals surface area contributed by atoms with E-state index in [0.29, 0.717) is 12.1 Å². The van der Waals surface area contributed by atoms with Gasteiger partial charge in [0.15, 0.2) is 0 Å². The predicted octanol–water partition coefficient (Wildman–Crippen LogP) is 5.66. The lowest BCUT2D eigenvalue weighted by Gasteiger charge is -2.28. The SMILES string of the molecule is CC(OC[C@H](O)CNC(C)(C)Cc1ccc2ccccc2c1)c1ccccc1-c1ccc(C(N)=O)cc1. The van der Waals surface area contributed by atoms with Gasteiger partial charge in [-0.3, -0.25) is 4.79 Å². The molecule has 0 heterocycles. The molecule has 0 aliphatic rings. The highest BCUT2D eigenvalue weighted by Crippen LogP contribution is 2.30. The number of ether oxygens (including phenoxy) is 1. The van der Waals surface area contributed by atoms with Crippen molar-refractivity contribution in [2.45, 2.75) is 44.9 Å². The van der Waals surface area contributed by atoms with Crippen molar-refractivity contribution in [3.63, 3.8) is 0 Å². The highest BCUT2D eigenvalue weighted by Gasteiger charge is 2.20. The summed E-state index contributed by atoms with van der Waals surface area (Å²) >= 11 is 0. The normalized spacial score (nSPS) is 13.4. The van der Waals surface area contributed by atoms with Gasteiger partial charge in [0, 0.05) is 17.6 Å². The van der Waals surface area contributed by atoms with Crippen molar-refractivity contribution in [2.75, 3.05) is 13.2 Å². The molecule has 1 unspecified atom stereocenters. The van der Waals surface area contributed by atoms with Crippen molar-refractivity contribution in [2.24, 2.45) is 5.73 Å². The number of β-amino-alcohol motifs (C(OH)–C–C–N with tert-alkyl or cyclic N) is 1. The molecule has 0 saturated carbocycles. The Labute approximate surface area is 219 Å². The second kappa shape index (κ2) is 11.7. The number of primary amides is 1. The van der Waals surface area contributed by atoms with Gasteiger partial charge in [0.05, 0.1) is 18.8 Å². The summed E-state index contributed by atoms with van der Waals surface area (Å²) in [6.07, 6.45) is -0.00313. The number of hydrogen-bond acceptors (Lipinski definition) is 4. The lowest BCUT2D eigenvalue weighted by atomic mass is 9.93. The number of benzene rings is 4. The number of aliphatic hydroxyl groups excluding tert-OH is 1. The molecule has 0 radical (unpaired) electrons. The van der Waals surface area contributed by atoms with Crippen LogP contribution in [0, 0.1) is 0 Å². The van der Waals surface area contributed by atoms with Crippen molar-refractivity contribution in [3.8, 4) is 11.1 Å². The molecule has 4 aromatic carbocycles. The molecule has 4 N–H and O–H groups in total. The maximum Gasteiger partial charge on any atom is 0.248 e. The van der Waals surface area contributed by atoms with E-state index in [-0.39, 0.29) is 18.2 Å². The molecule has 4 rings (SSSR count). The summed E-state index contributed by atoms with van der Waals surface area (Å²) in [5, 5.41) is 16.6. The zero-order valence-electron chi connectivity index (χ0n) is 21.8. The van der Waals surface area contributed by atoms with Crippen LogP contribution in [0.4, 0.5) is 0 Å². The largest absolute Gasteiger partial charge is 0.389 e. The number of rotatable bonds is 11. The lowest BCUT2D eigenvalue weighted by Crippen LogP contribution is -2.46. The van der Waals surface area contributed by atoms with E-state index in [1.165, 1.54) is 16.3 Å². The van der Waals surface area contributed by atoms with Crippen LogP contribution in [0.25, 0.3) is 21.9 Å². The van der Waals surface area contributed by atoms with E-state index in [1.807, 2.05) is 43.3 Å². The van der Waals surface area contributed by atoms with E-state index in [2.05, 4.69) is 61.6 Å². The number of aliphatic hydroxyl groups is 1. The minimum Gasteiger partial charge on any atom is -0.389 e. The van der Waals surface area contributed by atoms with Gasteiger partial charge >= 0.3 is 0 Å². The van der Waals surface area contributed by atoms with Gasteiger partial charge in [0.25, 0.3) is 0 Å². The van der Waals surface area contributed by atoms with Gasteiger partial charge in [0.1, 0.15) is 0 Å². The standard InChI is InChI=1S/C32H36N2O3/c1-22(29-10-6-7-11-30(29)25-14-16-26(17-15-25)31(33)36)37-21-28(35)20-34-32(2,3)19-23-12-13-24-8-4-5-9-27(24)18-23/h4-18,22,28,34-35H,19-21H2,1-3H3,(H2,33,36)/t22?,28-/m1/s1. The maximum absolute atomic E-state index is 11.4. The van der Waals surface area contributed by atoms with Gasteiger partial charge in [-0.05, 0) is 72.4 Å². The smallest absolute Gasteiger partial charge is 0.248 e. The summed E-state index contributed by atoms with van der Waals surface area (Å²) in [5.41, 5.74) is 9.95. The minimum atomic E-state index is -0.639. The summed E-state index contributed by atoms with van der Waals surface area (Å²) in [6.45, 7) is 6.94. The Morgan fingerprint density at radius 3 is 2.35 bits per heavy atom. The van der Waals surface area contributed by atoms with Gasteiger partial charge in [-0.25, -0.2) is 0 Å². The number of nitrogens with two attached hydrogens (primary N) is 1. The van der Waals surface area contributed by atoms with Crippen LogP contribution in [-0.4, -0.2) is 35.8 Å². The first kappa shape index (κ1) is 26.6. The lowest BCUT2D eigenvalue weighted by molar-refractivity contribution is -0.00397. The number of carbonyl (C=O) groups is 1. The van der Waals surface area contributed by atoms with Crippen molar-refractivity contribution < 1.29 is 14.6 Å². The van der Waals surface area contributed by atoms with Gasteiger partial charge in [-0.2, -0.15) is 0 Å². The maximum atomic E-state index is 11.4. The fourth-order valence-corrected chi connectivity index (χ4v) is 4.65. The molecule has 1 amide bonds. The highest BCUT2D eigenvalue weighted by molar-refractivity contribution is 5.93. The number of amides is 1. The average Bonchev–Trinajstić information content (AvgIpc) is 2.90. The molecule has 0 aliphatic carbocycles. The second-order valence-corrected chi connectivity index (χ2v) is 10.3. The summed E-state index contributed by atoms with van der Waals surface area (Å²) in [4.78, 5) is 11.4. The highest BCUT2D eigenvalue weighted by atomic mass is 16.5. The van der Waals surface area contributed by atoms with Crippen LogP contribution in [0.5, 0.6) is 0 Å². The molecule has 0 aromatic heterocycles. The van der Waals surface area contributed by atoms with E-state index in [0.717, 1.165) is 23.1 Å². The molecule has 0 aliphatic heterocycles. The van der Waals surface area contributed by atoms with Gasteiger partial charge in [0.2, 0.25) is 5.91 Å². The first-order valence-corrected chi connectivity index (χ1v) is 12.7. The Kier molecular flexibility index (Phi) is 8.39. The Morgan fingerprint density at radius 2 is 1.62 bits per heavy atom. The molecule has 4 aromatic rings. The predicted molar refractivity (Wildman–Crippen MR) is 151 cm³/mol. The number of carbonyl (C=O) groups excluding carboxylic acids is 1. The molecule has 5 heteroatoms. The molecule has 5 nitrogen and oxygen atoms in total. The van der Waals surface area contributed by atoms with Crippen molar-refractivity contribution >= 4 is 16.7 Å². The molecule has 0 bridgehead atoms. The quantitative estimate of drug-likeness (QED) is 0.250. The molecule has 2 atom stereocenters. The van der Waals surface area contributed by atoms with Gasteiger partial charge < -0.3 is 20.9 Å². The van der Waals surface area contributed by atoms with Crippen LogP contribution < -0.4 is 11.1 Å². The third-order valence-electron chi connectivity index (χ3n) is 6.69. The fraction of sp³-hybridized carbons (Fsp3) is 0.281. The zero-order chi connectivity index (χ0) is 26.4. The number of hydrogen-bond donors (Lipinski definition) is 3. The molecular formula is C32H36N2O3. The molecule has 0 fully saturated rings. The average molecular weight is 497 g/mol. The topological polar surface area (TPSA) is 84.6 Å². The van der Waals surface area contributed by atoms with Crippen molar-refractivity contribution in [1.82, 2.24) is 5.32 Å². The van der Waals surface area contributed by atoms with Crippen LogP contribution in [0.3, 0.4) is 0 Å². The van der Waals surface area contributed by atoms with E-state index in [1.54, 1.807) is 12.1 Å². The molecule has 192 valence electrons. The van der Waals surface area contributed by atoms with Crippen LogP contribution in [-0.2, 0) is 11.2 Å². The van der Waals surface area contributed by atoms with Crippen molar-refractivity contribution in [1.29, 1.82) is 0 Å². The Hall–Kier alpha value is -3.51. The first-order valence-electron chi connectivity index (χ1n) is 12.7. The van der Waals surface area contributed by atoms with E-state index >= 15 is 0 Å². The van der Waals surface area contributed by atoms with Gasteiger partial charge in [-0.15, -0.1) is 0 Å². The fourth-order valence-electron chi connectivity index (χ4n) is 4.65.